The molecule has 0 bridgehead atoms. The lowest BCUT2D eigenvalue weighted by Gasteiger charge is -2.25. The van der Waals surface area contributed by atoms with Crippen molar-refractivity contribution in [1.82, 2.24) is 45.3 Å². The minimum absolute atomic E-state index is 0.0383. The van der Waals surface area contributed by atoms with Crippen LogP contribution >= 0.6 is 0 Å². The van der Waals surface area contributed by atoms with Crippen molar-refractivity contribution in [3.05, 3.63) is 118 Å². The molecule has 1 aliphatic heterocycles. The summed E-state index contributed by atoms with van der Waals surface area (Å²) >= 11 is 0. The summed E-state index contributed by atoms with van der Waals surface area (Å²) in [7, 11) is 1.51. The summed E-state index contributed by atoms with van der Waals surface area (Å²) in [4.78, 5) is 116. The van der Waals surface area contributed by atoms with E-state index in [1.54, 1.807) is 62.1 Å². The molecular formula is C55H70N12O14. The fourth-order valence-corrected chi connectivity index (χ4v) is 8.26. The molecule has 6 rings (SSSR count). The second-order valence-electron chi connectivity index (χ2n) is 18.8. The first-order valence-electron chi connectivity index (χ1n) is 26.3. The van der Waals surface area contributed by atoms with Crippen molar-refractivity contribution >= 4 is 64.3 Å². The number of carbonyl (C=O) groups excluding carboxylic acids is 7. The predicted octanol–water partition coefficient (Wildman–Crippen LogP) is 2.87. The van der Waals surface area contributed by atoms with Crippen molar-refractivity contribution in [2.24, 2.45) is 11.7 Å². The van der Waals surface area contributed by atoms with Crippen LogP contribution in [0.25, 0.3) is 11.2 Å². The molecule has 1 aliphatic rings. The summed E-state index contributed by atoms with van der Waals surface area (Å²) in [6.45, 7) is 7.32. The van der Waals surface area contributed by atoms with E-state index in [0.29, 0.717) is 34.7 Å². The van der Waals surface area contributed by atoms with E-state index in [4.69, 9.17) is 39.9 Å². The van der Waals surface area contributed by atoms with E-state index in [9.17, 15) is 38.4 Å². The van der Waals surface area contributed by atoms with E-state index < -0.39 is 47.6 Å². The zero-order valence-corrected chi connectivity index (χ0v) is 45.7. The number of nitrogens with zero attached hydrogens (tertiary/aromatic N) is 5. The zero-order valence-electron chi connectivity index (χ0n) is 45.7. The van der Waals surface area contributed by atoms with Crippen LogP contribution in [0.5, 0.6) is 11.8 Å². The third kappa shape index (κ3) is 18.9. The van der Waals surface area contributed by atoms with E-state index in [1.807, 2.05) is 36.4 Å². The molecule has 3 heterocycles. The lowest BCUT2D eigenvalue weighted by molar-refractivity contribution is -0.137. The maximum atomic E-state index is 13.9. The van der Waals surface area contributed by atoms with Crippen LogP contribution in [0.4, 0.5) is 21.1 Å². The van der Waals surface area contributed by atoms with Crippen LogP contribution in [0.2, 0.25) is 0 Å². The standard InChI is InChI=1S/C55H70N12O14/c1-5-80-53-63-48(56)47-49(64-53)67(54(74)62-47)33-39-16-13-38(30-42(39)76-4)32-65(31-36-10-7-6-8-11-36)55(75)81-34-37-14-17-40(18-15-37)59-50(71)41(12-9-22-58-52(57)73)60-51(72)46(35(2)3)61-43(68)21-24-77-26-28-79-29-27-78-25-23-66-44(69)19-20-45(66)70/h6-8,10-11,13-20,30,35,41,46H,5,9,12,21-29,31-34H2,1-4H3,(H,59,71)(H,60,72)(H,61,68)(H,62,74)(H2,56,63,64)(H3,57,58,73)/t41-,46-/m0/s1. The Morgan fingerprint density at radius 1 is 0.790 bits per heavy atom. The largest absolute Gasteiger partial charge is 0.496 e. The quantitative estimate of drug-likeness (QED) is 0.0235. The Morgan fingerprint density at radius 2 is 1.46 bits per heavy atom. The number of rotatable bonds is 33. The number of hydrogen-bond acceptors (Lipinski definition) is 17. The molecule has 0 saturated heterocycles. The molecule has 2 atom stereocenters. The van der Waals surface area contributed by atoms with Crippen LogP contribution < -0.4 is 47.9 Å². The van der Waals surface area contributed by atoms with E-state index in [1.165, 1.54) is 23.8 Å². The molecular weight excluding hydrogens is 1050 g/mol. The molecule has 0 spiro atoms. The Balaban J connectivity index is 0.998. The maximum Gasteiger partial charge on any atom is 0.410 e. The van der Waals surface area contributed by atoms with E-state index in [0.717, 1.165) is 10.5 Å². The molecule has 0 fully saturated rings. The molecule has 0 radical (unpaired) electrons. The smallest absolute Gasteiger partial charge is 0.410 e. The summed E-state index contributed by atoms with van der Waals surface area (Å²) in [5, 5.41) is 10.8. The van der Waals surface area contributed by atoms with Crippen molar-refractivity contribution in [2.45, 2.75) is 78.4 Å². The van der Waals surface area contributed by atoms with Gasteiger partial charge in [0.1, 0.15) is 30.0 Å². The number of methoxy groups -OCH3 is 1. The highest BCUT2D eigenvalue weighted by Crippen LogP contribution is 2.26. The monoisotopic (exact) mass is 1120 g/mol. The minimum atomic E-state index is -1.09. The number of aromatic amines is 1. The predicted molar refractivity (Wildman–Crippen MR) is 295 cm³/mol. The fraction of sp³-hybridized carbons (Fsp3) is 0.418. The number of imide groups is 1. The van der Waals surface area contributed by atoms with Crippen LogP contribution in [0.3, 0.4) is 0 Å². The fourth-order valence-electron chi connectivity index (χ4n) is 8.26. The number of imidazole rings is 1. The Kier molecular flexibility index (Phi) is 23.5. The number of carbonyl (C=O) groups is 7. The van der Waals surface area contributed by atoms with Crippen LogP contribution in [0.1, 0.15) is 62.3 Å². The van der Waals surface area contributed by atoms with Crippen LogP contribution in [0.15, 0.2) is 89.7 Å². The number of ether oxygens (including phenoxy) is 6. The van der Waals surface area contributed by atoms with Gasteiger partial charge in [0.05, 0.1) is 66.4 Å². The number of hydrogen-bond donors (Lipinski definition) is 7. The van der Waals surface area contributed by atoms with Crippen molar-refractivity contribution in [3.8, 4) is 11.8 Å². The van der Waals surface area contributed by atoms with E-state index in [-0.39, 0.29) is 139 Å². The van der Waals surface area contributed by atoms with Gasteiger partial charge >= 0.3 is 23.8 Å². The second kappa shape index (κ2) is 31.1. The number of amides is 8. The summed E-state index contributed by atoms with van der Waals surface area (Å²) in [5.74, 6) is -2.19. The first-order chi connectivity index (χ1) is 39.0. The van der Waals surface area contributed by atoms with Gasteiger partial charge in [0.15, 0.2) is 11.5 Å². The van der Waals surface area contributed by atoms with E-state index in [2.05, 4.69) is 36.2 Å². The van der Waals surface area contributed by atoms with Gasteiger partial charge in [-0.1, -0.05) is 68.4 Å². The van der Waals surface area contributed by atoms with Gasteiger partial charge < -0.3 is 66.1 Å². The van der Waals surface area contributed by atoms with Crippen molar-refractivity contribution in [1.29, 1.82) is 0 Å². The zero-order chi connectivity index (χ0) is 58.3. The molecule has 434 valence electrons. The molecule has 0 unspecified atom stereocenters. The van der Waals surface area contributed by atoms with Crippen LogP contribution in [-0.2, 0) is 69.2 Å². The highest BCUT2D eigenvalue weighted by Gasteiger charge is 2.29. The molecule has 81 heavy (non-hydrogen) atoms. The number of anilines is 2. The number of benzene rings is 3. The topological polar surface area (TPSA) is 345 Å². The van der Waals surface area contributed by atoms with Gasteiger partial charge in [-0.2, -0.15) is 9.97 Å². The number of H-pyrrole nitrogens is 1. The Bertz CT molecular complexity index is 3020. The third-order valence-corrected chi connectivity index (χ3v) is 12.5. The molecule has 26 heteroatoms. The maximum absolute atomic E-state index is 13.9. The number of fused-ring (bicyclic) bond motifs is 1. The number of nitrogens with one attached hydrogen (secondary N) is 5. The molecule has 3 aromatic carbocycles. The van der Waals surface area contributed by atoms with Gasteiger partial charge in [-0.25, -0.2) is 14.4 Å². The highest BCUT2D eigenvalue weighted by atomic mass is 16.6. The first-order valence-corrected chi connectivity index (χ1v) is 26.3. The van der Waals surface area contributed by atoms with Crippen LogP contribution in [-0.4, -0.2) is 150 Å². The molecule has 0 saturated carbocycles. The SMILES string of the molecule is CCOc1nc(N)c2[nH]c(=O)n(Cc3ccc(CN(Cc4ccccc4)C(=O)OCc4ccc(NC(=O)[C@H](CCCNC(N)=O)NC(=O)[C@@H](NC(=O)CCOCCOCCOCCN5C(=O)C=CC5=O)C(C)C)cc4)cc3OC)c2n1. The van der Waals surface area contributed by atoms with Crippen LogP contribution in [0, 0.1) is 5.92 Å². The molecule has 5 aromatic rings. The lowest BCUT2D eigenvalue weighted by atomic mass is 10.0. The highest BCUT2D eigenvalue weighted by molar-refractivity contribution is 6.12. The summed E-state index contributed by atoms with van der Waals surface area (Å²) in [6.07, 6.45) is 2.14. The van der Waals surface area contributed by atoms with Gasteiger partial charge in [0.25, 0.3) is 11.8 Å². The average Bonchev–Trinajstić information content (AvgIpc) is 4.05. The molecule has 9 N–H and O–H groups in total. The Hall–Kier alpha value is -8.88. The van der Waals surface area contributed by atoms with Gasteiger partial charge in [-0.3, -0.25) is 38.3 Å². The summed E-state index contributed by atoms with van der Waals surface area (Å²) < 4.78 is 34.8. The van der Waals surface area contributed by atoms with Gasteiger partial charge in [0.2, 0.25) is 17.7 Å². The summed E-state index contributed by atoms with van der Waals surface area (Å²) in [5.41, 5.74) is 14.7. The number of nitrogens with two attached hydrogens (primary N) is 2. The van der Waals surface area contributed by atoms with Gasteiger partial charge in [-0.15, -0.1) is 0 Å². The number of nitrogen functional groups attached to an aromatic ring is 1. The van der Waals surface area contributed by atoms with Crippen molar-refractivity contribution in [3.63, 3.8) is 0 Å². The van der Waals surface area contributed by atoms with Crippen molar-refractivity contribution < 1.29 is 62.0 Å². The first kappa shape index (κ1) is 61.3. The van der Waals surface area contributed by atoms with Gasteiger partial charge in [-0.05, 0) is 60.6 Å². The molecule has 26 nitrogen and oxygen atoms in total. The lowest BCUT2D eigenvalue weighted by Crippen LogP contribution is -2.54. The Morgan fingerprint density at radius 3 is 2.12 bits per heavy atom. The van der Waals surface area contributed by atoms with E-state index >= 15 is 0 Å². The second-order valence-corrected chi connectivity index (χ2v) is 18.8. The molecule has 2 aromatic heterocycles. The average molecular weight is 1120 g/mol. The normalized spacial score (nSPS) is 12.8. The minimum Gasteiger partial charge on any atom is -0.496 e. The number of primary amides is 1. The third-order valence-electron chi connectivity index (χ3n) is 12.5. The molecule has 8 amide bonds. The number of aromatic nitrogens is 4. The van der Waals surface area contributed by atoms with Gasteiger partial charge in [0, 0.05) is 49.5 Å². The summed E-state index contributed by atoms with van der Waals surface area (Å²) in [6, 6.07) is 18.6. The Labute approximate surface area is 467 Å². The molecule has 0 aliphatic carbocycles. The number of urea groups is 1. The van der Waals surface area contributed by atoms with Crippen molar-refractivity contribution in [2.75, 3.05) is 77.5 Å².